The zero-order chi connectivity index (χ0) is 11.5. The number of nitrogens with zero attached hydrogens (tertiary/aromatic N) is 2. The first kappa shape index (κ1) is 10.7. The van der Waals surface area contributed by atoms with Gasteiger partial charge in [0.25, 0.3) is 6.43 Å². The topological polar surface area (TPSA) is 32.7 Å². The number of rotatable bonds is 3. The fourth-order valence-electron chi connectivity index (χ4n) is 1.49. The zero-order valence-corrected chi connectivity index (χ0v) is 8.44. The summed E-state index contributed by atoms with van der Waals surface area (Å²) in [6.07, 6.45) is -2.92. The molecule has 0 unspecified atom stereocenters. The molecule has 1 aliphatic heterocycles. The highest BCUT2D eigenvalue weighted by atomic mass is 19.3. The lowest BCUT2D eigenvalue weighted by Gasteiger charge is -2.11. The Morgan fingerprint density at radius 3 is 2.56 bits per heavy atom. The molecular weight excluding hydrogens is 214 g/mol. The summed E-state index contributed by atoms with van der Waals surface area (Å²) in [6, 6.07) is 9.15. The molecule has 0 atom stereocenters. The van der Waals surface area contributed by atoms with Gasteiger partial charge in [0.15, 0.2) is 0 Å². The number of halogens is 2. The van der Waals surface area contributed by atoms with E-state index in [4.69, 9.17) is 0 Å². The number of hydrogen-bond acceptors (Lipinski definition) is 2. The van der Waals surface area contributed by atoms with Crippen LogP contribution in [0.3, 0.4) is 0 Å². The number of alkyl halides is 2. The van der Waals surface area contributed by atoms with E-state index in [1.165, 1.54) is 0 Å². The predicted octanol–water partition coefficient (Wildman–Crippen LogP) is 2.04. The number of hydrogen-bond donors (Lipinski definition) is 0. The molecule has 1 aromatic rings. The summed E-state index contributed by atoms with van der Waals surface area (Å²) in [7, 11) is 0. The van der Waals surface area contributed by atoms with Crippen molar-refractivity contribution in [2.75, 3.05) is 0 Å². The molecule has 5 heteroatoms. The first-order valence-corrected chi connectivity index (χ1v) is 4.86. The van der Waals surface area contributed by atoms with E-state index < -0.39 is 6.43 Å². The summed E-state index contributed by atoms with van der Waals surface area (Å²) in [5.74, 6) is -0.376. The molecule has 0 radical (unpaired) electrons. The highest BCUT2D eigenvalue weighted by Gasteiger charge is 2.28. The van der Waals surface area contributed by atoms with Crippen molar-refractivity contribution in [3.8, 4) is 0 Å². The largest absolute Gasteiger partial charge is 0.278 e. The van der Waals surface area contributed by atoms with Crippen LogP contribution < -0.4 is 0 Å². The quantitative estimate of drug-likeness (QED) is 0.773. The van der Waals surface area contributed by atoms with Crippen molar-refractivity contribution in [3.05, 3.63) is 35.9 Å². The molecule has 84 valence electrons. The third kappa shape index (κ3) is 2.24. The maximum atomic E-state index is 12.3. The molecule has 1 aliphatic rings. The number of carbonyl (C=O) groups excluding carboxylic acids is 1. The maximum Gasteiger partial charge on any atom is 0.278 e. The van der Waals surface area contributed by atoms with Gasteiger partial charge >= 0.3 is 0 Å². The van der Waals surface area contributed by atoms with Gasteiger partial charge in [0.2, 0.25) is 5.91 Å². The highest BCUT2D eigenvalue weighted by molar-refractivity contribution is 6.06. The number of benzene rings is 1. The monoisotopic (exact) mass is 224 g/mol. The molecule has 0 aromatic heterocycles. The fourth-order valence-corrected chi connectivity index (χ4v) is 1.49. The smallest absolute Gasteiger partial charge is 0.273 e. The molecule has 1 aromatic carbocycles. The Hall–Kier alpha value is -1.78. The average molecular weight is 224 g/mol. The lowest BCUT2D eigenvalue weighted by atomic mass is 10.2. The van der Waals surface area contributed by atoms with Crippen molar-refractivity contribution in [1.82, 2.24) is 5.01 Å². The number of carbonyl (C=O) groups is 1. The summed E-state index contributed by atoms with van der Waals surface area (Å²) < 4.78 is 24.6. The lowest BCUT2D eigenvalue weighted by molar-refractivity contribution is -0.129. The van der Waals surface area contributed by atoms with Gasteiger partial charge in [0.05, 0.1) is 13.0 Å². The van der Waals surface area contributed by atoms with E-state index in [0.717, 1.165) is 10.6 Å². The number of amides is 1. The molecule has 0 fully saturated rings. The second-order valence-electron chi connectivity index (χ2n) is 3.51. The molecule has 16 heavy (non-hydrogen) atoms. The van der Waals surface area contributed by atoms with Gasteiger partial charge in [-0.25, -0.2) is 13.8 Å². The Labute approximate surface area is 91.4 Å². The second-order valence-corrected chi connectivity index (χ2v) is 3.51. The summed E-state index contributed by atoms with van der Waals surface area (Å²) in [5, 5.41) is 4.71. The van der Waals surface area contributed by atoms with Crippen molar-refractivity contribution in [3.63, 3.8) is 0 Å². The fraction of sp³-hybridized carbons (Fsp3) is 0.273. The molecule has 0 bridgehead atoms. The third-order valence-corrected chi connectivity index (χ3v) is 2.30. The molecular formula is C11H10F2N2O. The number of hydrazone groups is 1. The van der Waals surface area contributed by atoms with E-state index in [9.17, 15) is 13.6 Å². The van der Waals surface area contributed by atoms with Gasteiger partial charge < -0.3 is 0 Å². The summed E-state index contributed by atoms with van der Waals surface area (Å²) in [5.41, 5.74) is 0.524. The van der Waals surface area contributed by atoms with Crippen molar-refractivity contribution >= 4 is 11.6 Å². The normalized spacial score (nSPS) is 15.8. The molecule has 0 aliphatic carbocycles. The van der Waals surface area contributed by atoms with E-state index in [-0.39, 0.29) is 24.6 Å². The molecule has 2 rings (SSSR count). The Balaban J connectivity index is 2.09. The first-order valence-electron chi connectivity index (χ1n) is 4.86. The van der Waals surface area contributed by atoms with Crippen LogP contribution in [0.4, 0.5) is 8.78 Å². The van der Waals surface area contributed by atoms with Gasteiger partial charge in [-0.1, -0.05) is 30.3 Å². The molecule has 1 amide bonds. The molecule has 0 N–H and O–H groups in total. The minimum atomic E-state index is -2.65. The molecule has 0 saturated carbocycles. The van der Waals surface area contributed by atoms with Gasteiger partial charge in [-0.15, -0.1) is 0 Å². The van der Waals surface area contributed by atoms with Crippen LogP contribution in [-0.4, -0.2) is 23.1 Å². The summed E-state index contributed by atoms with van der Waals surface area (Å²) in [6.45, 7) is 0.246. The van der Waals surface area contributed by atoms with Gasteiger partial charge in [-0.3, -0.25) is 4.79 Å². The van der Waals surface area contributed by atoms with Crippen LogP contribution in [0, 0.1) is 0 Å². The summed E-state index contributed by atoms with van der Waals surface area (Å²) in [4.78, 5) is 11.4. The van der Waals surface area contributed by atoms with Crippen LogP contribution in [0.25, 0.3) is 0 Å². The second kappa shape index (κ2) is 4.38. The van der Waals surface area contributed by atoms with Crippen LogP contribution >= 0.6 is 0 Å². The molecule has 0 spiro atoms. The van der Waals surface area contributed by atoms with Crippen LogP contribution in [-0.2, 0) is 11.3 Å². The van der Waals surface area contributed by atoms with Crippen LogP contribution in [0.15, 0.2) is 35.4 Å². The van der Waals surface area contributed by atoms with Crippen molar-refractivity contribution in [2.24, 2.45) is 5.10 Å². The van der Waals surface area contributed by atoms with E-state index in [1.54, 1.807) is 0 Å². The highest BCUT2D eigenvalue weighted by Crippen LogP contribution is 2.16. The Kier molecular flexibility index (Phi) is 2.94. The van der Waals surface area contributed by atoms with Crippen molar-refractivity contribution in [2.45, 2.75) is 19.4 Å². The standard InChI is InChI=1S/C11H10F2N2O/c12-11(13)9-6-10(16)15(14-9)7-8-4-2-1-3-5-8/h1-5,11H,6-7H2. The van der Waals surface area contributed by atoms with E-state index in [1.807, 2.05) is 30.3 Å². The SMILES string of the molecule is O=C1CC(C(F)F)=NN1Cc1ccccc1. The molecule has 1 heterocycles. The van der Waals surface area contributed by atoms with E-state index in [2.05, 4.69) is 5.10 Å². The lowest BCUT2D eigenvalue weighted by Crippen LogP contribution is -2.20. The van der Waals surface area contributed by atoms with Crippen LogP contribution in [0.1, 0.15) is 12.0 Å². The van der Waals surface area contributed by atoms with Gasteiger partial charge in [-0.2, -0.15) is 5.10 Å². The Morgan fingerprint density at radius 1 is 1.31 bits per heavy atom. The minimum absolute atomic E-state index is 0.246. The average Bonchev–Trinajstić information content (AvgIpc) is 2.62. The van der Waals surface area contributed by atoms with Gasteiger partial charge in [-0.05, 0) is 5.56 Å². The molecule has 3 nitrogen and oxygen atoms in total. The maximum absolute atomic E-state index is 12.3. The van der Waals surface area contributed by atoms with Gasteiger partial charge in [0.1, 0.15) is 5.71 Å². The first-order chi connectivity index (χ1) is 7.66. The van der Waals surface area contributed by atoms with Crippen LogP contribution in [0.5, 0.6) is 0 Å². The summed E-state index contributed by atoms with van der Waals surface area (Å²) >= 11 is 0. The zero-order valence-electron chi connectivity index (χ0n) is 8.44. The van der Waals surface area contributed by atoms with E-state index >= 15 is 0 Å². The Morgan fingerprint density at radius 2 is 2.00 bits per heavy atom. The van der Waals surface area contributed by atoms with E-state index in [0.29, 0.717) is 0 Å². The van der Waals surface area contributed by atoms with Crippen molar-refractivity contribution < 1.29 is 13.6 Å². The third-order valence-electron chi connectivity index (χ3n) is 2.30. The van der Waals surface area contributed by atoms with Gasteiger partial charge in [0, 0.05) is 0 Å². The minimum Gasteiger partial charge on any atom is -0.273 e. The molecule has 0 saturated heterocycles. The predicted molar refractivity (Wildman–Crippen MR) is 55.0 cm³/mol. The van der Waals surface area contributed by atoms with Crippen molar-refractivity contribution in [1.29, 1.82) is 0 Å². The van der Waals surface area contributed by atoms with Crippen LogP contribution in [0.2, 0.25) is 0 Å². The Bertz CT molecular complexity index is 417.